The highest BCUT2D eigenvalue weighted by Gasteiger charge is 2.41. The zero-order chi connectivity index (χ0) is 17.2. The van der Waals surface area contributed by atoms with Crippen LogP contribution in [0.15, 0.2) is 0 Å². The molecule has 6 nitrogen and oxygen atoms in total. The van der Waals surface area contributed by atoms with E-state index in [-0.39, 0.29) is 18.7 Å². The monoisotopic (exact) mass is 315 g/mol. The number of amides is 1. The van der Waals surface area contributed by atoms with Crippen LogP contribution in [-0.2, 0) is 19.0 Å². The van der Waals surface area contributed by atoms with E-state index in [9.17, 15) is 9.59 Å². The number of rotatable bonds is 4. The first-order valence-corrected chi connectivity index (χ1v) is 7.59. The fourth-order valence-electron chi connectivity index (χ4n) is 2.22. The molecule has 1 amide bonds. The van der Waals surface area contributed by atoms with Crippen molar-refractivity contribution in [2.24, 2.45) is 5.41 Å². The molecule has 1 fully saturated rings. The van der Waals surface area contributed by atoms with Crippen molar-refractivity contribution in [1.82, 2.24) is 4.90 Å². The molecular formula is C16H29NO5. The van der Waals surface area contributed by atoms with Crippen molar-refractivity contribution in [3.8, 4) is 0 Å². The number of likely N-dealkylation sites (tertiary alicyclic amines) is 1. The van der Waals surface area contributed by atoms with Crippen molar-refractivity contribution < 1.29 is 23.8 Å². The Balaban J connectivity index is 2.57. The van der Waals surface area contributed by atoms with Gasteiger partial charge in [-0.1, -0.05) is 0 Å². The van der Waals surface area contributed by atoms with E-state index in [1.165, 1.54) is 7.11 Å². The number of ether oxygens (including phenoxy) is 3. The third-order valence-corrected chi connectivity index (χ3v) is 3.61. The highest BCUT2D eigenvalue weighted by atomic mass is 16.6. The number of carbonyl (C=O) groups is 2. The number of esters is 1. The highest BCUT2D eigenvalue weighted by molar-refractivity contribution is 5.75. The van der Waals surface area contributed by atoms with Crippen molar-refractivity contribution >= 4 is 12.1 Å². The molecule has 1 rings (SSSR count). The van der Waals surface area contributed by atoms with Crippen LogP contribution in [-0.4, -0.2) is 55.0 Å². The molecule has 0 aromatic rings. The van der Waals surface area contributed by atoms with E-state index in [0.29, 0.717) is 19.5 Å². The molecule has 0 aromatic carbocycles. The van der Waals surface area contributed by atoms with Crippen LogP contribution in [0.3, 0.4) is 0 Å². The first-order chi connectivity index (χ1) is 9.88. The van der Waals surface area contributed by atoms with E-state index < -0.39 is 16.6 Å². The van der Waals surface area contributed by atoms with Crippen LogP contribution in [0.5, 0.6) is 0 Å². The second kappa shape index (κ2) is 6.44. The molecule has 0 bridgehead atoms. The van der Waals surface area contributed by atoms with Gasteiger partial charge in [0.2, 0.25) is 0 Å². The van der Waals surface area contributed by atoms with E-state index in [4.69, 9.17) is 14.2 Å². The summed E-state index contributed by atoms with van der Waals surface area (Å²) in [4.78, 5) is 25.4. The van der Waals surface area contributed by atoms with E-state index in [2.05, 4.69) is 0 Å². The quantitative estimate of drug-likeness (QED) is 0.746. The average molecular weight is 315 g/mol. The summed E-state index contributed by atoms with van der Waals surface area (Å²) in [5, 5.41) is 0. The second-order valence-corrected chi connectivity index (χ2v) is 7.77. The Hall–Kier alpha value is -1.30. The minimum atomic E-state index is -0.711. The summed E-state index contributed by atoms with van der Waals surface area (Å²) in [5.41, 5.74) is -1.69. The molecule has 1 atom stereocenters. The molecule has 0 aromatic heterocycles. The first-order valence-electron chi connectivity index (χ1n) is 7.59. The molecule has 0 spiro atoms. The number of carbonyl (C=O) groups excluding carboxylic acids is 2. The summed E-state index contributed by atoms with van der Waals surface area (Å²) in [7, 11) is 1.37. The van der Waals surface area contributed by atoms with Crippen LogP contribution in [0.2, 0.25) is 0 Å². The number of nitrogens with zero attached hydrogens (tertiary/aromatic N) is 1. The van der Waals surface area contributed by atoms with E-state index >= 15 is 0 Å². The second-order valence-electron chi connectivity index (χ2n) is 7.77. The Labute approximate surface area is 133 Å². The lowest BCUT2D eigenvalue weighted by Gasteiger charge is -2.30. The molecule has 128 valence electrons. The van der Waals surface area contributed by atoms with Crippen LogP contribution >= 0.6 is 0 Å². The van der Waals surface area contributed by atoms with E-state index in [1.807, 2.05) is 27.7 Å². The van der Waals surface area contributed by atoms with Crippen molar-refractivity contribution in [2.45, 2.75) is 59.2 Å². The van der Waals surface area contributed by atoms with Crippen molar-refractivity contribution in [2.75, 3.05) is 26.8 Å². The van der Waals surface area contributed by atoms with Gasteiger partial charge in [-0.25, -0.2) is 4.79 Å². The summed E-state index contributed by atoms with van der Waals surface area (Å²) in [6.07, 6.45) is 0.385. The van der Waals surface area contributed by atoms with Gasteiger partial charge in [-0.05, 0) is 48.0 Å². The number of hydrogen-bond acceptors (Lipinski definition) is 5. The first kappa shape index (κ1) is 18.7. The standard InChI is InChI=1S/C16H29NO5/c1-14(2,3)22-13(19)17-9-8-16(6,10-17)21-11-15(4,5)12(18)20-7/h8-11H2,1-7H3. The highest BCUT2D eigenvalue weighted by Crippen LogP contribution is 2.29. The summed E-state index contributed by atoms with van der Waals surface area (Å²) in [6.45, 7) is 12.3. The van der Waals surface area contributed by atoms with Gasteiger partial charge in [-0.15, -0.1) is 0 Å². The van der Waals surface area contributed by atoms with Gasteiger partial charge in [0.25, 0.3) is 0 Å². The van der Waals surface area contributed by atoms with Gasteiger partial charge < -0.3 is 19.1 Å². The molecule has 1 saturated heterocycles. The molecule has 0 radical (unpaired) electrons. The summed E-state index contributed by atoms with van der Waals surface area (Å²) >= 11 is 0. The summed E-state index contributed by atoms with van der Waals surface area (Å²) in [6, 6.07) is 0. The number of methoxy groups -OCH3 is 1. The number of hydrogen-bond donors (Lipinski definition) is 0. The maximum Gasteiger partial charge on any atom is 0.410 e. The maximum absolute atomic E-state index is 12.1. The third kappa shape index (κ3) is 5.16. The lowest BCUT2D eigenvalue weighted by atomic mass is 9.94. The normalized spacial score (nSPS) is 22.6. The minimum absolute atomic E-state index is 0.248. The van der Waals surface area contributed by atoms with Gasteiger partial charge in [-0.2, -0.15) is 0 Å². The SMILES string of the molecule is COC(=O)C(C)(C)COC1(C)CCN(C(=O)OC(C)(C)C)C1. The molecule has 1 unspecified atom stereocenters. The van der Waals surface area contributed by atoms with E-state index in [0.717, 1.165) is 0 Å². The van der Waals surface area contributed by atoms with Crippen LogP contribution in [0.4, 0.5) is 4.79 Å². The molecular weight excluding hydrogens is 286 g/mol. The van der Waals surface area contributed by atoms with Gasteiger partial charge in [0.1, 0.15) is 5.60 Å². The molecule has 22 heavy (non-hydrogen) atoms. The van der Waals surface area contributed by atoms with Gasteiger partial charge >= 0.3 is 12.1 Å². The molecule has 0 aliphatic carbocycles. The molecule has 0 N–H and O–H groups in total. The van der Waals surface area contributed by atoms with Crippen LogP contribution < -0.4 is 0 Å². The zero-order valence-corrected chi connectivity index (χ0v) is 14.8. The molecule has 1 heterocycles. The molecule has 1 aliphatic heterocycles. The van der Waals surface area contributed by atoms with E-state index in [1.54, 1.807) is 18.7 Å². The smallest absolute Gasteiger partial charge is 0.410 e. The van der Waals surface area contributed by atoms with Crippen LogP contribution in [0, 0.1) is 5.41 Å². The largest absolute Gasteiger partial charge is 0.469 e. The van der Waals surface area contributed by atoms with Crippen molar-refractivity contribution in [3.63, 3.8) is 0 Å². The van der Waals surface area contributed by atoms with Crippen LogP contribution in [0.25, 0.3) is 0 Å². The fraction of sp³-hybridized carbons (Fsp3) is 0.875. The lowest BCUT2D eigenvalue weighted by molar-refractivity contribution is -0.158. The maximum atomic E-state index is 12.1. The Morgan fingerprint density at radius 3 is 2.27 bits per heavy atom. The van der Waals surface area contributed by atoms with Crippen molar-refractivity contribution in [1.29, 1.82) is 0 Å². The molecule has 6 heteroatoms. The summed E-state index contributed by atoms with van der Waals surface area (Å²) < 4.78 is 16.1. The zero-order valence-electron chi connectivity index (χ0n) is 14.8. The third-order valence-electron chi connectivity index (χ3n) is 3.61. The Bertz CT molecular complexity index is 427. The topological polar surface area (TPSA) is 65.1 Å². The molecule has 1 aliphatic rings. The lowest BCUT2D eigenvalue weighted by Crippen LogP contribution is -2.41. The fourth-order valence-corrected chi connectivity index (χ4v) is 2.22. The van der Waals surface area contributed by atoms with Gasteiger partial charge in [0.15, 0.2) is 0 Å². The summed E-state index contributed by atoms with van der Waals surface area (Å²) in [5.74, 6) is -0.307. The predicted molar refractivity (Wildman–Crippen MR) is 82.6 cm³/mol. The Kier molecular flexibility index (Phi) is 5.49. The van der Waals surface area contributed by atoms with Gasteiger partial charge in [0, 0.05) is 6.54 Å². The van der Waals surface area contributed by atoms with Crippen LogP contribution in [0.1, 0.15) is 48.0 Å². The Morgan fingerprint density at radius 2 is 1.77 bits per heavy atom. The van der Waals surface area contributed by atoms with Gasteiger partial charge in [0.05, 0.1) is 31.3 Å². The minimum Gasteiger partial charge on any atom is -0.469 e. The predicted octanol–water partition coefficient (Wildman–Crippen LogP) is 2.60. The average Bonchev–Trinajstić information content (AvgIpc) is 2.77. The van der Waals surface area contributed by atoms with Crippen molar-refractivity contribution in [3.05, 3.63) is 0 Å². The molecule has 0 saturated carbocycles. The van der Waals surface area contributed by atoms with Gasteiger partial charge in [-0.3, -0.25) is 4.79 Å². The Morgan fingerprint density at radius 1 is 1.18 bits per heavy atom.